The maximum Gasteiger partial charge on any atom is 0.338 e. The zero-order valence-electron chi connectivity index (χ0n) is 13.2. The number of hydrogen-bond acceptors (Lipinski definition) is 6. The van der Waals surface area contributed by atoms with E-state index in [1.54, 1.807) is 13.8 Å². The molecule has 1 heterocycles. The fourth-order valence-electron chi connectivity index (χ4n) is 2.09. The standard InChI is InChI=1S/C16H17ClN2O5/c1-9(2)24-16(23)10-3-4-11(17)12(7-10)18-13-8-14(21)19(5-6-20)15(13)22/h3-4,7-9,18,20H,5-6H2,1-2H3. The van der Waals surface area contributed by atoms with Crippen molar-refractivity contribution in [3.63, 3.8) is 0 Å². The van der Waals surface area contributed by atoms with Gasteiger partial charge in [-0.2, -0.15) is 0 Å². The predicted molar refractivity (Wildman–Crippen MR) is 87.5 cm³/mol. The Morgan fingerprint density at radius 3 is 2.71 bits per heavy atom. The molecule has 2 amide bonds. The molecule has 0 radical (unpaired) electrons. The predicted octanol–water partition coefficient (Wildman–Crippen LogP) is 1.56. The first kappa shape index (κ1) is 18.0. The van der Waals surface area contributed by atoms with Crippen molar-refractivity contribution in [1.29, 1.82) is 0 Å². The van der Waals surface area contributed by atoms with Crippen LogP contribution in [0.3, 0.4) is 0 Å². The third kappa shape index (κ3) is 3.93. The minimum atomic E-state index is -0.569. The van der Waals surface area contributed by atoms with Crippen molar-refractivity contribution >= 4 is 35.1 Å². The lowest BCUT2D eigenvalue weighted by Crippen LogP contribution is -2.34. The van der Waals surface area contributed by atoms with Crippen LogP contribution in [0.2, 0.25) is 5.02 Å². The second-order valence-corrected chi connectivity index (χ2v) is 5.76. The number of amides is 2. The van der Waals surface area contributed by atoms with Crippen LogP contribution >= 0.6 is 11.6 Å². The van der Waals surface area contributed by atoms with Gasteiger partial charge in [0.05, 0.1) is 35.5 Å². The van der Waals surface area contributed by atoms with E-state index in [1.165, 1.54) is 18.2 Å². The van der Waals surface area contributed by atoms with Crippen LogP contribution in [0.25, 0.3) is 0 Å². The summed E-state index contributed by atoms with van der Waals surface area (Å²) in [5.74, 6) is -1.61. The lowest BCUT2D eigenvalue weighted by molar-refractivity contribution is -0.137. The highest BCUT2D eigenvalue weighted by Gasteiger charge is 2.31. The molecule has 7 nitrogen and oxygen atoms in total. The van der Waals surface area contributed by atoms with Crippen LogP contribution in [0.1, 0.15) is 24.2 Å². The van der Waals surface area contributed by atoms with E-state index in [1.807, 2.05) is 0 Å². The summed E-state index contributed by atoms with van der Waals surface area (Å²) in [6, 6.07) is 4.45. The Hall–Kier alpha value is -2.38. The summed E-state index contributed by atoms with van der Waals surface area (Å²) in [7, 11) is 0. The Kier molecular flexibility index (Phi) is 5.58. The summed E-state index contributed by atoms with van der Waals surface area (Å²) in [5.41, 5.74) is 0.582. The molecule has 1 aromatic carbocycles. The van der Waals surface area contributed by atoms with Crippen molar-refractivity contribution in [2.24, 2.45) is 0 Å². The minimum absolute atomic E-state index is 0.0183. The van der Waals surface area contributed by atoms with Crippen LogP contribution in [-0.4, -0.2) is 47.0 Å². The van der Waals surface area contributed by atoms with Gasteiger partial charge >= 0.3 is 5.97 Å². The number of imide groups is 1. The molecule has 0 saturated heterocycles. The molecule has 1 aliphatic rings. The van der Waals surface area contributed by atoms with Gasteiger partial charge in [-0.25, -0.2) is 4.79 Å². The molecule has 1 aliphatic heterocycles. The zero-order chi connectivity index (χ0) is 17.9. The van der Waals surface area contributed by atoms with E-state index in [9.17, 15) is 14.4 Å². The monoisotopic (exact) mass is 352 g/mol. The number of β-amino-alcohol motifs (C(OH)–C–C–N with tert-alkyl or cyclic N) is 1. The van der Waals surface area contributed by atoms with Gasteiger partial charge in [0.2, 0.25) is 0 Å². The average molecular weight is 353 g/mol. The second kappa shape index (κ2) is 7.46. The van der Waals surface area contributed by atoms with Crippen LogP contribution in [0.15, 0.2) is 30.0 Å². The molecule has 0 atom stereocenters. The number of nitrogens with one attached hydrogen (secondary N) is 1. The van der Waals surface area contributed by atoms with Gasteiger partial charge in [0.15, 0.2) is 0 Å². The van der Waals surface area contributed by atoms with Crippen LogP contribution in [0, 0.1) is 0 Å². The van der Waals surface area contributed by atoms with Crippen molar-refractivity contribution in [3.05, 3.63) is 40.6 Å². The minimum Gasteiger partial charge on any atom is -0.459 e. The SMILES string of the molecule is CC(C)OC(=O)c1ccc(Cl)c(NC2=CC(=O)N(CCO)C2=O)c1. The smallest absolute Gasteiger partial charge is 0.338 e. The molecule has 0 saturated carbocycles. The number of ether oxygens (including phenoxy) is 1. The Bertz CT molecular complexity index is 714. The van der Waals surface area contributed by atoms with Gasteiger partial charge in [0, 0.05) is 6.08 Å². The molecule has 0 aromatic heterocycles. The molecule has 0 aliphatic carbocycles. The molecular formula is C16H17ClN2O5. The number of nitrogens with zero attached hydrogens (tertiary/aromatic N) is 1. The third-order valence-corrected chi connectivity index (χ3v) is 3.48. The molecule has 128 valence electrons. The topological polar surface area (TPSA) is 95.9 Å². The molecule has 8 heteroatoms. The number of hydrogen-bond donors (Lipinski definition) is 2. The Morgan fingerprint density at radius 1 is 1.38 bits per heavy atom. The molecule has 0 unspecified atom stereocenters. The van der Waals surface area contributed by atoms with Gasteiger partial charge in [-0.1, -0.05) is 11.6 Å². The molecule has 0 bridgehead atoms. The number of rotatable bonds is 6. The first-order valence-corrected chi connectivity index (χ1v) is 7.67. The summed E-state index contributed by atoms with van der Waals surface area (Å²) in [5, 5.41) is 11.9. The van der Waals surface area contributed by atoms with Gasteiger partial charge in [0.25, 0.3) is 11.8 Å². The highest BCUT2D eigenvalue weighted by molar-refractivity contribution is 6.33. The van der Waals surface area contributed by atoms with E-state index in [0.717, 1.165) is 11.0 Å². The number of esters is 1. The van der Waals surface area contributed by atoms with Crippen LogP contribution in [-0.2, 0) is 14.3 Å². The zero-order valence-corrected chi connectivity index (χ0v) is 14.0. The number of aliphatic hydroxyl groups excluding tert-OH is 1. The normalized spacial score (nSPS) is 14.2. The molecule has 24 heavy (non-hydrogen) atoms. The quantitative estimate of drug-likeness (QED) is 0.596. The maximum atomic E-state index is 12.1. The van der Waals surface area contributed by atoms with Crippen molar-refractivity contribution < 1.29 is 24.2 Å². The second-order valence-electron chi connectivity index (χ2n) is 5.35. The fourth-order valence-corrected chi connectivity index (χ4v) is 2.25. The number of anilines is 1. The van der Waals surface area contributed by atoms with Crippen molar-refractivity contribution in [2.45, 2.75) is 20.0 Å². The number of aliphatic hydroxyl groups is 1. The fraction of sp³-hybridized carbons (Fsp3) is 0.312. The maximum absolute atomic E-state index is 12.1. The van der Waals surface area contributed by atoms with E-state index in [2.05, 4.69) is 5.32 Å². The van der Waals surface area contributed by atoms with Crippen LogP contribution in [0.4, 0.5) is 5.69 Å². The third-order valence-electron chi connectivity index (χ3n) is 3.15. The Morgan fingerprint density at radius 2 is 2.08 bits per heavy atom. The molecule has 1 aromatic rings. The largest absolute Gasteiger partial charge is 0.459 e. The Balaban J connectivity index is 2.21. The van der Waals surface area contributed by atoms with E-state index in [4.69, 9.17) is 21.4 Å². The first-order chi connectivity index (χ1) is 11.3. The lowest BCUT2D eigenvalue weighted by atomic mass is 10.2. The number of carbonyl (C=O) groups excluding carboxylic acids is 3. The molecule has 2 N–H and O–H groups in total. The van der Waals surface area contributed by atoms with E-state index < -0.39 is 17.8 Å². The van der Waals surface area contributed by atoms with Crippen molar-refractivity contribution in [3.8, 4) is 0 Å². The summed E-state index contributed by atoms with van der Waals surface area (Å²) < 4.78 is 5.11. The van der Waals surface area contributed by atoms with E-state index in [-0.39, 0.29) is 35.5 Å². The van der Waals surface area contributed by atoms with Crippen LogP contribution < -0.4 is 5.32 Å². The van der Waals surface area contributed by atoms with Gasteiger partial charge < -0.3 is 15.2 Å². The lowest BCUT2D eigenvalue weighted by Gasteiger charge is -2.14. The van der Waals surface area contributed by atoms with Crippen molar-refractivity contribution in [2.75, 3.05) is 18.5 Å². The first-order valence-electron chi connectivity index (χ1n) is 7.29. The van der Waals surface area contributed by atoms with Crippen molar-refractivity contribution in [1.82, 2.24) is 4.90 Å². The molecule has 0 spiro atoms. The Labute approximate surface area is 143 Å². The summed E-state index contributed by atoms with van der Waals surface area (Å²) in [6.07, 6.45) is 0.848. The number of benzene rings is 1. The van der Waals surface area contributed by atoms with E-state index in [0.29, 0.717) is 5.69 Å². The highest BCUT2D eigenvalue weighted by Crippen LogP contribution is 2.26. The van der Waals surface area contributed by atoms with E-state index >= 15 is 0 Å². The molecule has 2 rings (SSSR count). The molecule has 0 fully saturated rings. The van der Waals surface area contributed by atoms with Gasteiger partial charge in [0.1, 0.15) is 5.70 Å². The van der Waals surface area contributed by atoms with Gasteiger partial charge in [-0.3, -0.25) is 14.5 Å². The highest BCUT2D eigenvalue weighted by atomic mass is 35.5. The molecular weight excluding hydrogens is 336 g/mol. The van der Waals surface area contributed by atoms with Gasteiger partial charge in [-0.15, -0.1) is 0 Å². The summed E-state index contributed by atoms with van der Waals surface area (Å²) in [6.45, 7) is 3.05. The van der Waals surface area contributed by atoms with Crippen LogP contribution in [0.5, 0.6) is 0 Å². The van der Waals surface area contributed by atoms with Gasteiger partial charge in [-0.05, 0) is 32.0 Å². The number of halogens is 1. The number of carbonyl (C=O) groups is 3. The summed E-state index contributed by atoms with van der Waals surface area (Å²) in [4.78, 5) is 36.7. The average Bonchev–Trinajstić information content (AvgIpc) is 2.76. The summed E-state index contributed by atoms with van der Waals surface area (Å²) >= 11 is 6.08.